The molecule has 1 N–H and O–H groups in total. The van der Waals surface area contributed by atoms with E-state index < -0.39 is 0 Å². The number of nitrogens with one attached hydrogen (secondary N) is 1. The first-order valence-electron chi connectivity index (χ1n) is 7.33. The molecule has 0 aliphatic carbocycles. The summed E-state index contributed by atoms with van der Waals surface area (Å²) in [6.07, 6.45) is 0.763. The minimum absolute atomic E-state index is 0.0398. The first-order chi connectivity index (χ1) is 10.6. The lowest BCUT2D eigenvalue weighted by Gasteiger charge is -2.06. The number of hydrogen-bond donors (Lipinski definition) is 1. The molecule has 0 spiro atoms. The van der Waals surface area contributed by atoms with Gasteiger partial charge in [-0.25, -0.2) is 4.98 Å². The molecule has 3 aromatic rings. The van der Waals surface area contributed by atoms with E-state index in [1.807, 2.05) is 56.3 Å². The average Bonchev–Trinajstić information content (AvgIpc) is 2.86. The Labute approximate surface area is 129 Å². The van der Waals surface area contributed by atoms with E-state index in [9.17, 15) is 4.79 Å². The van der Waals surface area contributed by atoms with Crippen LogP contribution in [0.2, 0.25) is 0 Å². The lowest BCUT2D eigenvalue weighted by Crippen LogP contribution is -2.25. The van der Waals surface area contributed by atoms with Gasteiger partial charge in [-0.2, -0.15) is 0 Å². The second kappa shape index (κ2) is 6.02. The van der Waals surface area contributed by atoms with E-state index in [1.165, 1.54) is 0 Å². The maximum absolute atomic E-state index is 12.1. The van der Waals surface area contributed by atoms with Crippen LogP contribution in [0.3, 0.4) is 0 Å². The predicted molar refractivity (Wildman–Crippen MR) is 86.0 cm³/mol. The predicted octanol–water partition coefficient (Wildman–Crippen LogP) is 3.42. The summed E-state index contributed by atoms with van der Waals surface area (Å²) in [5.41, 5.74) is 4.57. The molecule has 0 radical (unpaired) electrons. The molecule has 4 nitrogen and oxygen atoms in total. The molecule has 0 unspecified atom stereocenters. The van der Waals surface area contributed by atoms with Gasteiger partial charge in [-0.05, 0) is 43.2 Å². The summed E-state index contributed by atoms with van der Waals surface area (Å²) in [7, 11) is 0. The number of carbonyl (C=O) groups excluding carboxylic acids is 1. The van der Waals surface area contributed by atoms with Gasteiger partial charge in [0.25, 0.3) is 5.91 Å². The van der Waals surface area contributed by atoms with Gasteiger partial charge in [0.05, 0.1) is 0 Å². The van der Waals surface area contributed by atoms with Crippen molar-refractivity contribution in [1.29, 1.82) is 0 Å². The van der Waals surface area contributed by atoms with Gasteiger partial charge in [-0.3, -0.25) is 4.79 Å². The first-order valence-corrected chi connectivity index (χ1v) is 7.33. The molecule has 3 rings (SSSR count). The average molecular weight is 294 g/mol. The zero-order valence-corrected chi connectivity index (χ0v) is 12.7. The molecule has 0 bridgehead atoms. The lowest BCUT2D eigenvalue weighted by atomic mass is 10.1. The van der Waals surface area contributed by atoms with E-state index in [0.717, 1.165) is 28.6 Å². The smallest absolute Gasteiger partial charge is 0.251 e. The minimum Gasteiger partial charge on any atom is -0.441 e. The highest BCUT2D eigenvalue weighted by Gasteiger charge is 2.06. The molecule has 4 heteroatoms. The van der Waals surface area contributed by atoms with Crippen molar-refractivity contribution in [2.45, 2.75) is 20.3 Å². The van der Waals surface area contributed by atoms with Gasteiger partial charge in [-0.1, -0.05) is 23.8 Å². The first kappa shape index (κ1) is 14.3. The van der Waals surface area contributed by atoms with Gasteiger partial charge in [0, 0.05) is 19.0 Å². The number of aromatic nitrogens is 1. The van der Waals surface area contributed by atoms with Crippen LogP contribution in [0.25, 0.3) is 11.1 Å². The van der Waals surface area contributed by atoms with Crippen LogP contribution in [0.15, 0.2) is 46.9 Å². The van der Waals surface area contributed by atoms with Crippen molar-refractivity contribution in [3.8, 4) is 0 Å². The normalized spacial score (nSPS) is 10.8. The Morgan fingerprint density at radius 3 is 2.86 bits per heavy atom. The van der Waals surface area contributed by atoms with E-state index in [0.29, 0.717) is 18.0 Å². The third-order valence-electron chi connectivity index (χ3n) is 3.54. The van der Waals surface area contributed by atoms with Crippen LogP contribution in [0.4, 0.5) is 0 Å². The van der Waals surface area contributed by atoms with E-state index in [4.69, 9.17) is 4.42 Å². The molecule has 0 saturated carbocycles. The van der Waals surface area contributed by atoms with Crippen LogP contribution < -0.4 is 5.32 Å². The van der Waals surface area contributed by atoms with E-state index in [2.05, 4.69) is 10.3 Å². The number of amides is 1. The summed E-state index contributed by atoms with van der Waals surface area (Å²) in [5.74, 6) is 0.627. The molecular weight excluding hydrogens is 276 g/mol. The summed E-state index contributed by atoms with van der Waals surface area (Å²) < 4.78 is 5.45. The topological polar surface area (TPSA) is 55.1 Å². The Morgan fingerprint density at radius 2 is 2.05 bits per heavy atom. The Hall–Kier alpha value is -2.62. The molecule has 0 saturated heterocycles. The van der Waals surface area contributed by atoms with Crippen LogP contribution in [-0.2, 0) is 6.42 Å². The number of carbonyl (C=O) groups is 1. The summed E-state index contributed by atoms with van der Waals surface area (Å²) in [6, 6.07) is 13.5. The van der Waals surface area contributed by atoms with Gasteiger partial charge >= 0.3 is 0 Å². The van der Waals surface area contributed by atoms with Crippen molar-refractivity contribution in [1.82, 2.24) is 10.3 Å². The van der Waals surface area contributed by atoms with Gasteiger partial charge < -0.3 is 9.73 Å². The van der Waals surface area contributed by atoms with Gasteiger partial charge in [0.2, 0.25) is 0 Å². The highest BCUT2D eigenvalue weighted by Crippen LogP contribution is 2.16. The van der Waals surface area contributed by atoms with Gasteiger partial charge in [0.1, 0.15) is 5.52 Å². The number of nitrogens with zero attached hydrogens (tertiary/aromatic N) is 1. The Kier molecular flexibility index (Phi) is 3.92. The fraction of sp³-hybridized carbons (Fsp3) is 0.222. The van der Waals surface area contributed by atoms with Crippen molar-refractivity contribution in [3.63, 3.8) is 0 Å². The number of oxazole rings is 1. The Balaban J connectivity index is 1.60. The second-order valence-corrected chi connectivity index (χ2v) is 5.41. The largest absolute Gasteiger partial charge is 0.441 e. The quantitative estimate of drug-likeness (QED) is 0.802. The molecule has 0 fully saturated rings. The van der Waals surface area contributed by atoms with Crippen molar-refractivity contribution < 1.29 is 9.21 Å². The lowest BCUT2D eigenvalue weighted by molar-refractivity contribution is 0.0954. The molecule has 2 aromatic carbocycles. The highest BCUT2D eigenvalue weighted by atomic mass is 16.3. The van der Waals surface area contributed by atoms with E-state index in [1.54, 1.807) is 0 Å². The van der Waals surface area contributed by atoms with E-state index >= 15 is 0 Å². The maximum atomic E-state index is 12.1. The number of benzene rings is 2. The Bertz CT molecular complexity index is 821. The standard InChI is InChI=1S/C18H18N2O2/c1-12-4-3-5-15(10-12)18(21)19-9-8-14-6-7-17-16(11-14)20-13(2)22-17/h3-7,10-11H,8-9H2,1-2H3,(H,19,21). The zero-order valence-electron chi connectivity index (χ0n) is 12.7. The minimum atomic E-state index is -0.0398. The van der Waals surface area contributed by atoms with Gasteiger partial charge in [-0.15, -0.1) is 0 Å². The van der Waals surface area contributed by atoms with E-state index in [-0.39, 0.29) is 5.91 Å². The summed E-state index contributed by atoms with van der Waals surface area (Å²) in [4.78, 5) is 16.4. The number of rotatable bonds is 4. The Morgan fingerprint density at radius 1 is 1.18 bits per heavy atom. The maximum Gasteiger partial charge on any atom is 0.251 e. The monoisotopic (exact) mass is 294 g/mol. The third kappa shape index (κ3) is 3.17. The van der Waals surface area contributed by atoms with Crippen LogP contribution >= 0.6 is 0 Å². The molecule has 0 aliphatic rings. The summed E-state index contributed by atoms with van der Waals surface area (Å²) in [6.45, 7) is 4.41. The molecular formula is C18H18N2O2. The van der Waals surface area contributed by atoms with Crippen LogP contribution in [0.1, 0.15) is 27.4 Å². The summed E-state index contributed by atoms with van der Waals surface area (Å²) >= 11 is 0. The second-order valence-electron chi connectivity index (χ2n) is 5.41. The molecule has 1 amide bonds. The number of hydrogen-bond acceptors (Lipinski definition) is 3. The molecule has 0 atom stereocenters. The van der Waals surface area contributed by atoms with Crippen LogP contribution in [0, 0.1) is 13.8 Å². The fourth-order valence-corrected chi connectivity index (χ4v) is 2.45. The molecule has 22 heavy (non-hydrogen) atoms. The number of fused-ring (bicyclic) bond motifs is 1. The molecule has 1 heterocycles. The summed E-state index contributed by atoms with van der Waals surface area (Å²) in [5, 5.41) is 2.95. The molecule has 0 aliphatic heterocycles. The van der Waals surface area contributed by atoms with Crippen molar-refractivity contribution in [3.05, 3.63) is 65.0 Å². The van der Waals surface area contributed by atoms with Crippen LogP contribution in [-0.4, -0.2) is 17.4 Å². The van der Waals surface area contributed by atoms with Crippen molar-refractivity contribution in [2.75, 3.05) is 6.54 Å². The highest BCUT2D eigenvalue weighted by molar-refractivity contribution is 5.94. The zero-order chi connectivity index (χ0) is 15.5. The fourth-order valence-electron chi connectivity index (χ4n) is 2.45. The molecule has 1 aromatic heterocycles. The van der Waals surface area contributed by atoms with Crippen LogP contribution in [0.5, 0.6) is 0 Å². The third-order valence-corrected chi connectivity index (χ3v) is 3.54. The SMILES string of the molecule is Cc1cccc(C(=O)NCCc2ccc3oc(C)nc3c2)c1. The molecule has 112 valence electrons. The van der Waals surface area contributed by atoms with Crippen molar-refractivity contribution in [2.24, 2.45) is 0 Å². The van der Waals surface area contributed by atoms with Gasteiger partial charge in [0.15, 0.2) is 11.5 Å². The number of aryl methyl sites for hydroxylation is 2. The van der Waals surface area contributed by atoms with Crippen molar-refractivity contribution >= 4 is 17.0 Å².